The van der Waals surface area contributed by atoms with Gasteiger partial charge in [0.25, 0.3) is 0 Å². The molecular weight excluding hydrogens is 619 g/mol. The summed E-state index contributed by atoms with van der Waals surface area (Å²) in [6.07, 6.45) is 3.64. The van der Waals surface area contributed by atoms with E-state index in [1.807, 2.05) is 76.5 Å². The van der Waals surface area contributed by atoms with E-state index in [-0.39, 0.29) is 21.1 Å². The number of fused-ring (bicyclic) bond motifs is 2. The maximum absolute atomic E-state index is 4.51. The molecule has 4 heterocycles. The van der Waals surface area contributed by atoms with Crippen molar-refractivity contribution in [2.75, 3.05) is 0 Å². The maximum atomic E-state index is 4.51. The van der Waals surface area contributed by atoms with E-state index in [2.05, 4.69) is 52.5 Å². The van der Waals surface area contributed by atoms with Gasteiger partial charge in [-0.15, -0.1) is 0 Å². The quantitative estimate of drug-likeness (QED) is 0.272. The fourth-order valence-corrected chi connectivity index (χ4v) is 3.51. The first-order valence-electron chi connectivity index (χ1n) is 10.9. The van der Waals surface area contributed by atoms with Crippen molar-refractivity contribution in [3.63, 3.8) is 0 Å². The first-order chi connectivity index (χ1) is 16.4. The van der Waals surface area contributed by atoms with Crippen LogP contribution in [0, 0.1) is 27.7 Å². The normalized spacial score (nSPS) is 10.6. The first kappa shape index (κ1) is 24.4. The summed E-state index contributed by atoms with van der Waals surface area (Å²) in [4.78, 5) is 17.6. The van der Waals surface area contributed by atoms with Gasteiger partial charge in [0.1, 0.15) is 11.6 Å². The Balaban J connectivity index is 0.000000160. The standard InChI is InChI=1S/2C13H11N4.Pt/c2*1-8-3-4-10-7-14-13(15-11(10)5-8)12-6-9(2)16-17-12;/h2*3-7H,1-2H3;/q2*-1;+2. The molecule has 4 aromatic heterocycles. The summed E-state index contributed by atoms with van der Waals surface area (Å²) in [5.41, 5.74) is 7.47. The van der Waals surface area contributed by atoms with Gasteiger partial charge in [0.15, 0.2) is 0 Å². The van der Waals surface area contributed by atoms with Crippen molar-refractivity contribution in [3.05, 3.63) is 83.4 Å². The minimum Gasteiger partial charge on any atom is -0.572 e. The average molecular weight is 642 g/mol. The Morgan fingerprint density at radius 3 is 1.37 bits per heavy atom. The molecule has 6 aromatic rings. The Hall–Kier alpha value is -3.77. The predicted molar refractivity (Wildman–Crippen MR) is 131 cm³/mol. The van der Waals surface area contributed by atoms with E-state index in [0.717, 1.165) is 44.6 Å². The van der Waals surface area contributed by atoms with E-state index in [4.69, 9.17) is 0 Å². The maximum Gasteiger partial charge on any atom is 2.00 e. The van der Waals surface area contributed by atoms with Crippen molar-refractivity contribution in [3.8, 4) is 23.0 Å². The summed E-state index contributed by atoms with van der Waals surface area (Å²) in [5, 5.41) is 18.1. The van der Waals surface area contributed by atoms with E-state index in [9.17, 15) is 0 Å². The monoisotopic (exact) mass is 641 g/mol. The second-order valence-corrected chi connectivity index (χ2v) is 8.25. The third kappa shape index (κ3) is 5.49. The van der Waals surface area contributed by atoms with Gasteiger partial charge in [-0.3, -0.25) is 0 Å². The third-order valence-electron chi connectivity index (χ3n) is 5.26. The molecule has 0 amide bonds. The molecule has 0 fully saturated rings. The molecule has 0 aliphatic carbocycles. The van der Waals surface area contributed by atoms with Crippen LogP contribution in [0.1, 0.15) is 22.5 Å². The number of benzene rings is 2. The summed E-state index contributed by atoms with van der Waals surface area (Å²) in [7, 11) is 0. The van der Waals surface area contributed by atoms with Crippen molar-refractivity contribution >= 4 is 21.8 Å². The van der Waals surface area contributed by atoms with E-state index in [1.165, 1.54) is 11.1 Å². The average Bonchev–Trinajstić information content (AvgIpc) is 3.47. The molecule has 6 rings (SSSR count). The fourth-order valence-electron chi connectivity index (χ4n) is 3.51. The molecule has 176 valence electrons. The van der Waals surface area contributed by atoms with Crippen LogP contribution in [0.2, 0.25) is 0 Å². The largest absolute Gasteiger partial charge is 2.00 e. The molecule has 0 spiro atoms. The SMILES string of the molecule is Cc1ccc2cnc(-c3cc(C)n[n-]3)nc2c1.Cc1ccc2cnc(-c3cc(C)n[n-]3)nc2c1.[Pt+2]. The molecule has 0 atom stereocenters. The Labute approximate surface area is 216 Å². The summed E-state index contributed by atoms with van der Waals surface area (Å²) < 4.78 is 0. The van der Waals surface area contributed by atoms with Gasteiger partial charge in [-0.1, -0.05) is 47.8 Å². The second kappa shape index (κ2) is 10.2. The van der Waals surface area contributed by atoms with Crippen LogP contribution in [-0.4, -0.2) is 30.1 Å². The number of aryl methyl sites for hydroxylation is 4. The number of nitrogens with zero attached hydrogens (tertiary/aromatic N) is 8. The van der Waals surface area contributed by atoms with Crippen LogP contribution in [0.3, 0.4) is 0 Å². The van der Waals surface area contributed by atoms with Crippen LogP contribution >= 0.6 is 0 Å². The van der Waals surface area contributed by atoms with Crippen LogP contribution in [0.15, 0.2) is 60.9 Å². The molecule has 0 bridgehead atoms. The van der Waals surface area contributed by atoms with E-state index < -0.39 is 0 Å². The zero-order chi connectivity index (χ0) is 23.7. The minimum absolute atomic E-state index is 0. The molecule has 2 aromatic carbocycles. The smallest absolute Gasteiger partial charge is 0.572 e. The molecule has 9 heteroatoms. The Morgan fingerprint density at radius 1 is 0.571 bits per heavy atom. The van der Waals surface area contributed by atoms with Crippen LogP contribution in [0.25, 0.3) is 44.8 Å². The number of aromatic nitrogens is 8. The van der Waals surface area contributed by atoms with E-state index in [1.54, 1.807) is 0 Å². The van der Waals surface area contributed by atoms with Gasteiger partial charge in [0, 0.05) is 34.6 Å². The summed E-state index contributed by atoms with van der Waals surface area (Å²) in [6.45, 7) is 7.91. The first-order valence-corrected chi connectivity index (χ1v) is 10.9. The molecule has 0 saturated heterocycles. The third-order valence-corrected chi connectivity index (χ3v) is 5.26. The van der Waals surface area contributed by atoms with Gasteiger partial charge >= 0.3 is 21.1 Å². The Bertz CT molecular complexity index is 1500. The molecule has 0 radical (unpaired) electrons. The van der Waals surface area contributed by atoms with Crippen molar-refractivity contribution in [2.24, 2.45) is 0 Å². The van der Waals surface area contributed by atoms with Gasteiger partial charge < -0.3 is 20.4 Å². The molecule has 0 aliphatic heterocycles. The Morgan fingerprint density at radius 2 is 1.00 bits per heavy atom. The summed E-state index contributed by atoms with van der Waals surface area (Å²) in [6, 6.07) is 16.0. The van der Waals surface area contributed by atoms with Crippen molar-refractivity contribution in [2.45, 2.75) is 27.7 Å². The van der Waals surface area contributed by atoms with E-state index >= 15 is 0 Å². The summed E-state index contributed by atoms with van der Waals surface area (Å²) in [5.74, 6) is 1.26. The topological polar surface area (TPSA) is 106 Å². The molecule has 0 aliphatic rings. The molecule has 0 saturated carbocycles. The fraction of sp³-hybridized carbons (Fsp3) is 0.154. The molecule has 0 N–H and O–H groups in total. The predicted octanol–water partition coefficient (Wildman–Crippen LogP) is 4.53. The van der Waals surface area contributed by atoms with Crippen LogP contribution in [0.5, 0.6) is 0 Å². The molecule has 0 unspecified atom stereocenters. The molecular formula is C26H22N8Pt. The van der Waals surface area contributed by atoms with Gasteiger partial charge in [0.2, 0.25) is 0 Å². The summed E-state index contributed by atoms with van der Waals surface area (Å²) >= 11 is 0. The zero-order valence-corrected chi connectivity index (χ0v) is 21.9. The minimum atomic E-state index is 0. The number of hydrogen-bond acceptors (Lipinski definition) is 6. The van der Waals surface area contributed by atoms with Gasteiger partial charge in [-0.05, 0) is 51.0 Å². The van der Waals surface area contributed by atoms with Crippen LogP contribution < -0.4 is 10.2 Å². The number of hydrogen-bond donors (Lipinski definition) is 0. The second-order valence-electron chi connectivity index (χ2n) is 8.25. The van der Waals surface area contributed by atoms with Gasteiger partial charge in [-0.25, -0.2) is 19.9 Å². The van der Waals surface area contributed by atoms with Crippen molar-refractivity contribution in [1.29, 1.82) is 0 Å². The van der Waals surface area contributed by atoms with Crippen LogP contribution in [-0.2, 0) is 21.1 Å². The van der Waals surface area contributed by atoms with Crippen LogP contribution in [0.4, 0.5) is 0 Å². The van der Waals surface area contributed by atoms with Crippen molar-refractivity contribution in [1.82, 2.24) is 40.3 Å². The molecule has 35 heavy (non-hydrogen) atoms. The Kier molecular flexibility index (Phi) is 7.12. The van der Waals surface area contributed by atoms with Gasteiger partial charge in [-0.2, -0.15) is 0 Å². The number of rotatable bonds is 2. The zero-order valence-electron chi connectivity index (χ0n) is 19.7. The van der Waals surface area contributed by atoms with Gasteiger partial charge in [0.05, 0.1) is 11.0 Å². The van der Waals surface area contributed by atoms with E-state index in [0.29, 0.717) is 11.6 Å². The molecule has 8 nitrogen and oxygen atoms in total. The van der Waals surface area contributed by atoms with Crippen molar-refractivity contribution < 1.29 is 21.1 Å².